The lowest BCUT2D eigenvalue weighted by Crippen LogP contribution is -2.44. The van der Waals surface area contributed by atoms with Gasteiger partial charge in [-0.15, -0.1) is 0 Å². The summed E-state index contributed by atoms with van der Waals surface area (Å²) in [7, 11) is 0. The van der Waals surface area contributed by atoms with Gasteiger partial charge in [0.1, 0.15) is 0 Å². The van der Waals surface area contributed by atoms with Crippen molar-refractivity contribution in [1.29, 1.82) is 0 Å². The zero-order valence-electron chi connectivity index (χ0n) is 10.9. The third-order valence-corrected chi connectivity index (χ3v) is 4.31. The van der Waals surface area contributed by atoms with Crippen molar-refractivity contribution in [1.82, 2.24) is 0 Å². The van der Waals surface area contributed by atoms with Gasteiger partial charge in [0.25, 0.3) is 0 Å². The van der Waals surface area contributed by atoms with E-state index in [9.17, 15) is 9.90 Å². The molecule has 2 heteroatoms. The highest BCUT2D eigenvalue weighted by atomic mass is 16.4. The molecule has 1 rings (SSSR count). The van der Waals surface area contributed by atoms with Gasteiger partial charge in [0.15, 0.2) is 0 Å². The average Bonchev–Trinajstić information content (AvgIpc) is 2.20. The summed E-state index contributed by atoms with van der Waals surface area (Å²) in [5.41, 5.74) is 0.277. The SMILES string of the molecule is CC=C(C)C1C=CC(C)(C)[C@](C)(C(=O)O)C1. The number of carboxylic acids is 1. The van der Waals surface area contributed by atoms with E-state index in [1.165, 1.54) is 5.57 Å². The van der Waals surface area contributed by atoms with Crippen molar-refractivity contribution in [2.45, 2.75) is 41.0 Å². The Bertz CT molecular complexity index is 350. The molecule has 2 nitrogen and oxygen atoms in total. The lowest BCUT2D eigenvalue weighted by molar-refractivity contribution is -0.155. The Morgan fingerprint density at radius 3 is 2.44 bits per heavy atom. The summed E-state index contributed by atoms with van der Waals surface area (Å²) in [5.74, 6) is -0.435. The van der Waals surface area contributed by atoms with E-state index in [2.05, 4.69) is 25.2 Å². The predicted molar refractivity (Wildman–Crippen MR) is 66.2 cm³/mol. The Kier molecular flexibility index (Phi) is 3.32. The molecule has 0 aromatic rings. The van der Waals surface area contributed by atoms with Crippen LogP contribution in [-0.4, -0.2) is 11.1 Å². The van der Waals surface area contributed by atoms with Crippen LogP contribution in [0.1, 0.15) is 41.0 Å². The van der Waals surface area contributed by atoms with Crippen molar-refractivity contribution in [3.05, 3.63) is 23.8 Å². The molecule has 1 N–H and O–H groups in total. The Hall–Kier alpha value is -1.05. The van der Waals surface area contributed by atoms with Gasteiger partial charge in [-0.25, -0.2) is 0 Å². The van der Waals surface area contributed by atoms with E-state index < -0.39 is 11.4 Å². The Balaban J connectivity index is 3.13. The van der Waals surface area contributed by atoms with Gasteiger partial charge >= 0.3 is 5.97 Å². The van der Waals surface area contributed by atoms with Crippen LogP contribution in [-0.2, 0) is 4.79 Å². The maximum atomic E-state index is 11.5. The number of hydrogen-bond donors (Lipinski definition) is 1. The fraction of sp³-hybridized carbons (Fsp3) is 0.643. The monoisotopic (exact) mass is 222 g/mol. The van der Waals surface area contributed by atoms with E-state index in [1.807, 2.05) is 27.7 Å². The Morgan fingerprint density at radius 1 is 1.44 bits per heavy atom. The van der Waals surface area contributed by atoms with E-state index in [-0.39, 0.29) is 11.3 Å². The van der Waals surface area contributed by atoms with Gasteiger partial charge in [-0.2, -0.15) is 0 Å². The van der Waals surface area contributed by atoms with Gasteiger partial charge in [-0.05, 0) is 38.5 Å². The highest BCUT2D eigenvalue weighted by Gasteiger charge is 2.49. The molecule has 1 unspecified atom stereocenters. The molecule has 0 aliphatic heterocycles. The van der Waals surface area contributed by atoms with Crippen LogP contribution >= 0.6 is 0 Å². The Morgan fingerprint density at radius 2 is 2.00 bits per heavy atom. The van der Waals surface area contributed by atoms with Crippen molar-refractivity contribution in [2.75, 3.05) is 0 Å². The predicted octanol–water partition coefficient (Wildman–Crippen LogP) is 3.65. The van der Waals surface area contributed by atoms with Crippen molar-refractivity contribution in [3.63, 3.8) is 0 Å². The number of allylic oxidation sites excluding steroid dienone is 4. The molecule has 0 saturated carbocycles. The van der Waals surface area contributed by atoms with Crippen LogP contribution in [0.15, 0.2) is 23.8 Å². The van der Waals surface area contributed by atoms with Crippen molar-refractivity contribution < 1.29 is 9.90 Å². The molecule has 0 aromatic carbocycles. The van der Waals surface area contributed by atoms with Crippen molar-refractivity contribution in [2.24, 2.45) is 16.7 Å². The lowest BCUT2D eigenvalue weighted by atomic mass is 9.59. The van der Waals surface area contributed by atoms with Crippen LogP contribution in [0.25, 0.3) is 0 Å². The van der Waals surface area contributed by atoms with Crippen LogP contribution in [0.5, 0.6) is 0 Å². The minimum absolute atomic E-state index is 0.263. The molecule has 0 aromatic heterocycles. The van der Waals surface area contributed by atoms with Gasteiger partial charge in [-0.3, -0.25) is 4.79 Å². The topological polar surface area (TPSA) is 37.3 Å². The molecule has 0 radical (unpaired) electrons. The zero-order valence-corrected chi connectivity index (χ0v) is 10.9. The van der Waals surface area contributed by atoms with Crippen LogP contribution in [0.4, 0.5) is 0 Å². The molecule has 1 aliphatic rings. The highest BCUT2D eigenvalue weighted by molar-refractivity contribution is 5.76. The molecular weight excluding hydrogens is 200 g/mol. The summed E-state index contributed by atoms with van der Waals surface area (Å²) in [6, 6.07) is 0. The van der Waals surface area contributed by atoms with Crippen molar-refractivity contribution >= 4 is 5.97 Å². The summed E-state index contributed by atoms with van der Waals surface area (Å²) in [6.45, 7) is 9.92. The van der Waals surface area contributed by atoms with Gasteiger partial charge in [0.05, 0.1) is 5.41 Å². The van der Waals surface area contributed by atoms with Gasteiger partial charge < -0.3 is 5.11 Å². The lowest BCUT2D eigenvalue weighted by Gasteiger charge is -2.44. The molecule has 0 fully saturated rings. The first kappa shape index (κ1) is 13.0. The van der Waals surface area contributed by atoms with Crippen LogP contribution in [0, 0.1) is 16.7 Å². The van der Waals surface area contributed by atoms with Gasteiger partial charge in [-0.1, -0.05) is 37.6 Å². The largest absolute Gasteiger partial charge is 0.481 e. The molecule has 0 saturated heterocycles. The number of carbonyl (C=O) groups is 1. The molecule has 0 heterocycles. The summed E-state index contributed by atoms with van der Waals surface area (Å²) in [5, 5.41) is 9.45. The quantitative estimate of drug-likeness (QED) is 0.724. The second-order valence-corrected chi connectivity index (χ2v) is 5.56. The van der Waals surface area contributed by atoms with E-state index >= 15 is 0 Å². The normalized spacial score (nSPS) is 33.8. The molecule has 0 amide bonds. The number of aliphatic carboxylic acids is 1. The third kappa shape index (κ3) is 1.93. The molecule has 16 heavy (non-hydrogen) atoms. The molecule has 2 atom stereocenters. The zero-order chi connectivity index (χ0) is 12.6. The second-order valence-electron chi connectivity index (χ2n) is 5.56. The van der Waals surface area contributed by atoms with E-state index in [1.54, 1.807) is 0 Å². The molecular formula is C14H22O2. The van der Waals surface area contributed by atoms with E-state index in [0.717, 1.165) is 0 Å². The van der Waals surface area contributed by atoms with Crippen LogP contribution < -0.4 is 0 Å². The first-order valence-electron chi connectivity index (χ1n) is 5.80. The summed E-state index contributed by atoms with van der Waals surface area (Å²) < 4.78 is 0. The maximum absolute atomic E-state index is 11.5. The minimum atomic E-state index is -0.698. The first-order valence-corrected chi connectivity index (χ1v) is 5.80. The van der Waals surface area contributed by atoms with Crippen LogP contribution in [0.3, 0.4) is 0 Å². The minimum Gasteiger partial charge on any atom is -0.481 e. The summed E-state index contributed by atoms with van der Waals surface area (Å²) in [4.78, 5) is 11.5. The molecule has 0 bridgehead atoms. The number of hydrogen-bond acceptors (Lipinski definition) is 1. The van der Waals surface area contributed by atoms with Crippen LogP contribution in [0.2, 0.25) is 0 Å². The second kappa shape index (κ2) is 4.08. The van der Waals surface area contributed by atoms with Gasteiger partial charge in [0.2, 0.25) is 0 Å². The molecule has 90 valence electrons. The number of rotatable bonds is 2. The Labute approximate surface area is 98.1 Å². The fourth-order valence-corrected chi connectivity index (χ4v) is 2.20. The van der Waals surface area contributed by atoms with Gasteiger partial charge in [0, 0.05) is 0 Å². The summed E-state index contributed by atoms with van der Waals surface area (Å²) >= 11 is 0. The smallest absolute Gasteiger partial charge is 0.310 e. The first-order chi connectivity index (χ1) is 7.24. The fourth-order valence-electron chi connectivity index (χ4n) is 2.20. The molecule has 0 spiro atoms. The molecule has 1 aliphatic carbocycles. The van der Waals surface area contributed by atoms with E-state index in [0.29, 0.717) is 6.42 Å². The standard InChI is InChI=1S/C14H22O2/c1-6-10(2)11-7-8-13(3,4)14(5,9-11)12(15)16/h6-8,11H,9H2,1-5H3,(H,15,16)/t11?,14-/m0/s1. The third-order valence-electron chi connectivity index (χ3n) is 4.31. The summed E-state index contributed by atoms with van der Waals surface area (Å²) in [6.07, 6.45) is 6.96. The highest BCUT2D eigenvalue weighted by Crippen LogP contribution is 2.49. The number of carboxylic acid groups (broad SMARTS) is 1. The van der Waals surface area contributed by atoms with E-state index in [4.69, 9.17) is 0 Å². The maximum Gasteiger partial charge on any atom is 0.310 e. The van der Waals surface area contributed by atoms with Crippen molar-refractivity contribution in [3.8, 4) is 0 Å². The average molecular weight is 222 g/mol.